The predicted molar refractivity (Wildman–Crippen MR) is 90.1 cm³/mol. The summed E-state index contributed by atoms with van der Waals surface area (Å²) in [7, 11) is 0. The zero-order chi connectivity index (χ0) is 17.1. The molecule has 1 N–H and O–H groups in total. The maximum atomic E-state index is 12.7. The molecule has 0 aliphatic carbocycles. The van der Waals surface area contributed by atoms with E-state index in [1.54, 1.807) is 30.5 Å². The monoisotopic (exact) mass is 390 g/mol. The number of carbonyl (C=O) groups excluding carboxylic acids is 1. The lowest BCUT2D eigenvalue weighted by Crippen LogP contribution is -2.30. The van der Waals surface area contributed by atoms with Crippen LogP contribution in [0.4, 0.5) is 0 Å². The van der Waals surface area contributed by atoms with Crippen LogP contribution < -0.4 is 4.74 Å². The predicted octanol–water partition coefficient (Wildman–Crippen LogP) is 3.18. The van der Waals surface area contributed by atoms with Gasteiger partial charge in [0.2, 0.25) is 5.88 Å². The summed E-state index contributed by atoms with van der Waals surface area (Å²) >= 11 is 3.35. The zero-order valence-corrected chi connectivity index (χ0v) is 14.3. The lowest BCUT2D eigenvalue weighted by Gasteiger charge is -2.17. The van der Waals surface area contributed by atoms with E-state index in [-0.39, 0.29) is 18.3 Å². The first-order chi connectivity index (χ1) is 11.5. The number of amides is 1. The van der Waals surface area contributed by atoms with E-state index in [1.807, 2.05) is 12.1 Å². The lowest BCUT2D eigenvalue weighted by atomic mass is 10.1. The van der Waals surface area contributed by atoms with Crippen molar-refractivity contribution in [2.45, 2.75) is 6.42 Å². The van der Waals surface area contributed by atoms with E-state index in [9.17, 15) is 9.59 Å². The van der Waals surface area contributed by atoms with Gasteiger partial charge in [0.05, 0.1) is 5.92 Å². The minimum absolute atomic E-state index is 0.209. The summed E-state index contributed by atoms with van der Waals surface area (Å²) in [6, 6.07) is 10.5. The molecule has 1 aromatic carbocycles. The SMILES string of the molecule is O=C(O)C1CCN(C(=O)c2cccnc2Oc2ccc(Br)cc2)C1. The summed E-state index contributed by atoms with van der Waals surface area (Å²) < 4.78 is 6.64. The molecule has 6 nitrogen and oxygen atoms in total. The number of carboxylic acid groups (broad SMARTS) is 1. The highest BCUT2D eigenvalue weighted by atomic mass is 79.9. The van der Waals surface area contributed by atoms with E-state index in [4.69, 9.17) is 9.84 Å². The number of hydrogen-bond donors (Lipinski definition) is 1. The largest absolute Gasteiger partial charge is 0.481 e. The molecular formula is C17H15BrN2O4. The second-order valence-corrected chi connectivity index (χ2v) is 6.40. The third-order valence-corrected chi connectivity index (χ3v) is 4.38. The van der Waals surface area contributed by atoms with Crippen LogP contribution in [0.25, 0.3) is 0 Å². The first kappa shape index (κ1) is 16.4. The average Bonchev–Trinajstić information content (AvgIpc) is 3.07. The van der Waals surface area contributed by atoms with Crippen molar-refractivity contribution in [2.24, 2.45) is 5.92 Å². The summed E-state index contributed by atoms with van der Waals surface area (Å²) in [4.78, 5) is 29.4. The van der Waals surface area contributed by atoms with Crippen LogP contribution in [0.1, 0.15) is 16.8 Å². The van der Waals surface area contributed by atoms with Crippen molar-refractivity contribution in [3.63, 3.8) is 0 Å². The molecule has 0 bridgehead atoms. The number of aromatic nitrogens is 1. The van der Waals surface area contributed by atoms with E-state index in [0.717, 1.165) is 4.47 Å². The van der Waals surface area contributed by atoms with Crippen LogP contribution in [0.15, 0.2) is 47.1 Å². The van der Waals surface area contributed by atoms with Crippen molar-refractivity contribution in [1.82, 2.24) is 9.88 Å². The van der Waals surface area contributed by atoms with Gasteiger partial charge < -0.3 is 14.7 Å². The smallest absolute Gasteiger partial charge is 0.308 e. The van der Waals surface area contributed by atoms with E-state index < -0.39 is 11.9 Å². The molecule has 1 fully saturated rings. The third-order valence-electron chi connectivity index (χ3n) is 3.85. The molecule has 2 heterocycles. The molecule has 1 aromatic heterocycles. The van der Waals surface area contributed by atoms with Crippen LogP contribution in [0.5, 0.6) is 11.6 Å². The standard InChI is InChI=1S/C17H15BrN2O4/c18-12-3-5-13(6-4-12)24-15-14(2-1-8-19-15)16(21)20-9-7-11(10-20)17(22)23/h1-6,8,11H,7,9-10H2,(H,22,23). The Kier molecular flexibility index (Phi) is 4.80. The summed E-state index contributed by atoms with van der Waals surface area (Å²) in [5, 5.41) is 9.08. The van der Waals surface area contributed by atoms with Gasteiger partial charge in [0, 0.05) is 23.8 Å². The van der Waals surface area contributed by atoms with E-state index >= 15 is 0 Å². The fourth-order valence-corrected chi connectivity index (χ4v) is 2.83. The van der Waals surface area contributed by atoms with Gasteiger partial charge >= 0.3 is 5.97 Å². The van der Waals surface area contributed by atoms with Crippen molar-refractivity contribution in [1.29, 1.82) is 0 Å². The second kappa shape index (κ2) is 7.00. The van der Waals surface area contributed by atoms with Gasteiger partial charge in [-0.3, -0.25) is 9.59 Å². The number of carboxylic acids is 1. The Morgan fingerprint density at radius 1 is 1.25 bits per heavy atom. The number of nitrogens with zero attached hydrogens (tertiary/aromatic N) is 2. The minimum atomic E-state index is -0.872. The molecule has 2 aromatic rings. The van der Waals surface area contributed by atoms with E-state index in [1.165, 1.54) is 4.90 Å². The summed E-state index contributed by atoms with van der Waals surface area (Å²) in [5.74, 6) is -0.873. The molecule has 0 radical (unpaired) electrons. The van der Waals surface area contributed by atoms with Crippen LogP contribution in [0, 0.1) is 5.92 Å². The molecule has 1 amide bonds. The molecule has 124 valence electrons. The molecule has 0 saturated carbocycles. The highest BCUT2D eigenvalue weighted by molar-refractivity contribution is 9.10. The Balaban J connectivity index is 1.80. The van der Waals surface area contributed by atoms with Gasteiger partial charge in [0.15, 0.2) is 0 Å². The quantitative estimate of drug-likeness (QED) is 0.866. The highest BCUT2D eigenvalue weighted by Gasteiger charge is 2.32. The Morgan fingerprint density at radius 3 is 2.67 bits per heavy atom. The summed E-state index contributed by atoms with van der Waals surface area (Å²) in [6.07, 6.45) is 2.01. The molecule has 3 rings (SSSR count). The van der Waals surface area contributed by atoms with Gasteiger partial charge in [0.25, 0.3) is 5.91 Å². The summed E-state index contributed by atoms with van der Waals surface area (Å²) in [6.45, 7) is 0.628. The number of halogens is 1. The topological polar surface area (TPSA) is 79.7 Å². The third kappa shape index (κ3) is 3.56. The normalized spacial score (nSPS) is 16.9. The Labute approximate surface area is 147 Å². The molecule has 1 atom stereocenters. The maximum absolute atomic E-state index is 12.7. The lowest BCUT2D eigenvalue weighted by molar-refractivity contribution is -0.141. The fraction of sp³-hybridized carbons (Fsp3) is 0.235. The van der Waals surface area contributed by atoms with Gasteiger partial charge in [0.1, 0.15) is 11.3 Å². The Hall–Kier alpha value is -2.41. The zero-order valence-electron chi connectivity index (χ0n) is 12.7. The van der Waals surface area contributed by atoms with Crippen molar-refractivity contribution in [2.75, 3.05) is 13.1 Å². The minimum Gasteiger partial charge on any atom is -0.481 e. The van der Waals surface area contributed by atoms with Gasteiger partial charge in [-0.1, -0.05) is 15.9 Å². The molecule has 1 saturated heterocycles. The number of pyridine rings is 1. The van der Waals surface area contributed by atoms with Crippen molar-refractivity contribution >= 4 is 27.8 Å². The molecule has 1 aliphatic heterocycles. The molecule has 0 spiro atoms. The molecular weight excluding hydrogens is 376 g/mol. The fourth-order valence-electron chi connectivity index (χ4n) is 2.57. The van der Waals surface area contributed by atoms with Crippen molar-refractivity contribution in [3.05, 3.63) is 52.6 Å². The van der Waals surface area contributed by atoms with E-state index in [2.05, 4.69) is 20.9 Å². The van der Waals surface area contributed by atoms with Gasteiger partial charge in [-0.15, -0.1) is 0 Å². The van der Waals surface area contributed by atoms with Crippen LogP contribution in [-0.4, -0.2) is 40.0 Å². The first-order valence-corrected chi connectivity index (χ1v) is 8.24. The molecule has 7 heteroatoms. The van der Waals surface area contributed by atoms with Crippen molar-refractivity contribution in [3.8, 4) is 11.6 Å². The number of aliphatic carboxylic acids is 1. The molecule has 1 unspecified atom stereocenters. The second-order valence-electron chi connectivity index (χ2n) is 5.49. The Bertz CT molecular complexity index is 763. The molecule has 24 heavy (non-hydrogen) atoms. The maximum Gasteiger partial charge on any atom is 0.308 e. The van der Waals surface area contributed by atoms with Gasteiger partial charge in [-0.25, -0.2) is 4.98 Å². The highest BCUT2D eigenvalue weighted by Crippen LogP contribution is 2.27. The van der Waals surface area contributed by atoms with Crippen LogP contribution >= 0.6 is 15.9 Å². The van der Waals surface area contributed by atoms with Crippen LogP contribution in [0.2, 0.25) is 0 Å². The van der Waals surface area contributed by atoms with E-state index in [0.29, 0.717) is 24.3 Å². The van der Waals surface area contributed by atoms with Crippen LogP contribution in [-0.2, 0) is 4.79 Å². The number of likely N-dealkylation sites (tertiary alicyclic amines) is 1. The Morgan fingerprint density at radius 2 is 2.00 bits per heavy atom. The number of rotatable bonds is 4. The number of carbonyl (C=O) groups is 2. The van der Waals surface area contributed by atoms with Gasteiger partial charge in [-0.05, 0) is 42.8 Å². The average molecular weight is 391 g/mol. The van der Waals surface area contributed by atoms with Gasteiger partial charge in [-0.2, -0.15) is 0 Å². The number of benzene rings is 1. The number of hydrogen-bond acceptors (Lipinski definition) is 4. The first-order valence-electron chi connectivity index (χ1n) is 7.45. The van der Waals surface area contributed by atoms with Crippen molar-refractivity contribution < 1.29 is 19.4 Å². The summed E-state index contributed by atoms with van der Waals surface area (Å²) in [5.41, 5.74) is 0.325. The molecule has 1 aliphatic rings. The van der Waals surface area contributed by atoms with Crippen LogP contribution in [0.3, 0.4) is 0 Å². The number of ether oxygens (including phenoxy) is 1.